The van der Waals surface area contributed by atoms with Gasteiger partial charge in [-0.1, -0.05) is 41.7 Å². The second-order valence-electron chi connectivity index (χ2n) is 5.76. The number of carbonyl (C=O) groups is 1. The smallest absolute Gasteiger partial charge is 0.434 e. The molecule has 2 aromatic heterocycles. The third-order valence-corrected chi connectivity index (χ3v) is 4.92. The van der Waals surface area contributed by atoms with Gasteiger partial charge in [-0.3, -0.25) is 10.1 Å². The van der Waals surface area contributed by atoms with Crippen LogP contribution in [-0.2, 0) is 6.18 Å². The highest BCUT2D eigenvalue weighted by Gasteiger charge is 2.40. The summed E-state index contributed by atoms with van der Waals surface area (Å²) >= 11 is 0.504. The molecule has 0 fully saturated rings. The van der Waals surface area contributed by atoms with E-state index in [0.29, 0.717) is 11.3 Å². The Morgan fingerprint density at radius 3 is 2.27 bits per heavy atom. The van der Waals surface area contributed by atoms with Crippen molar-refractivity contribution in [3.8, 4) is 11.8 Å². The number of nitrogens with zero attached hydrogens (tertiary/aromatic N) is 3. The predicted octanol–water partition coefficient (Wildman–Crippen LogP) is 3.30. The minimum absolute atomic E-state index is 0.128. The molecule has 1 amide bonds. The van der Waals surface area contributed by atoms with Crippen molar-refractivity contribution in [1.82, 2.24) is 15.0 Å². The number of carbonyl (C=O) groups excluding carboxylic acids is 1. The van der Waals surface area contributed by atoms with Crippen molar-refractivity contribution >= 4 is 22.4 Å². The van der Waals surface area contributed by atoms with Crippen molar-refractivity contribution in [2.45, 2.75) is 12.3 Å². The van der Waals surface area contributed by atoms with Gasteiger partial charge in [-0.25, -0.2) is 15.0 Å². The first kappa shape index (κ1) is 21.5. The van der Waals surface area contributed by atoms with Gasteiger partial charge in [0.1, 0.15) is 12.4 Å². The first-order valence-corrected chi connectivity index (χ1v) is 9.13. The van der Waals surface area contributed by atoms with E-state index < -0.39 is 28.8 Å². The van der Waals surface area contributed by atoms with E-state index in [9.17, 15) is 23.1 Å². The lowest BCUT2D eigenvalue weighted by Gasteiger charge is -2.12. The first-order chi connectivity index (χ1) is 14.3. The second-order valence-corrected chi connectivity index (χ2v) is 6.79. The first-order valence-electron chi connectivity index (χ1n) is 8.31. The van der Waals surface area contributed by atoms with Gasteiger partial charge in [-0.15, -0.1) is 0 Å². The lowest BCUT2D eigenvalue weighted by molar-refractivity contribution is -0.142. The highest BCUT2D eigenvalue weighted by atomic mass is 32.1. The minimum atomic E-state index is -4.84. The standard InChI is InChI=1S/C18H15F3N4O4S/c1-28-15-10(16(29-2)23-8-22-15)14(27)25-17-24-13(18(19,20)21)12(30-17)11(26)9-6-4-3-5-7-9/h3-8,11,26H,1-2H3,(H,24,25,27). The number of aliphatic hydroxyl groups is 1. The zero-order chi connectivity index (χ0) is 21.9. The summed E-state index contributed by atoms with van der Waals surface area (Å²) in [6.45, 7) is 0. The third kappa shape index (κ3) is 4.33. The summed E-state index contributed by atoms with van der Waals surface area (Å²) in [5.74, 6) is -1.14. The maximum absolute atomic E-state index is 13.5. The molecular weight excluding hydrogens is 425 g/mol. The van der Waals surface area contributed by atoms with Crippen LogP contribution in [-0.4, -0.2) is 40.2 Å². The highest BCUT2D eigenvalue weighted by molar-refractivity contribution is 7.16. The summed E-state index contributed by atoms with van der Waals surface area (Å²) in [6.07, 6.45) is -5.31. The van der Waals surface area contributed by atoms with Crippen molar-refractivity contribution in [3.63, 3.8) is 0 Å². The van der Waals surface area contributed by atoms with Crippen molar-refractivity contribution < 1.29 is 32.5 Å². The summed E-state index contributed by atoms with van der Waals surface area (Å²) in [7, 11) is 2.52. The van der Waals surface area contributed by atoms with Gasteiger partial charge in [0.15, 0.2) is 16.4 Å². The summed E-state index contributed by atoms with van der Waals surface area (Å²) in [5, 5.41) is 12.4. The van der Waals surface area contributed by atoms with Gasteiger partial charge in [-0.05, 0) is 5.56 Å². The summed E-state index contributed by atoms with van der Waals surface area (Å²) < 4.78 is 50.5. The van der Waals surface area contributed by atoms with Crippen LogP contribution < -0.4 is 14.8 Å². The van der Waals surface area contributed by atoms with Crippen molar-refractivity contribution in [3.05, 3.63) is 58.4 Å². The van der Waals surface area contributed by atoms with Crippen LogP contribution in [0.2, 0.25) is 0 Å². The Kier molecular flexibility index (Phi) is 6.17. The van der Waals surface area contributed by atoms with Crippen LogP contribution in [0.3, 0.4) is 0 Å². The molecule has 1 unspecified atom stereocenters. The fourth-order valence-electron chi connectivity index (χ4n) is 2.58. The Balaban J connectivity index is 1.99. The highest BCUT2D eigenvalue weighted by Crippen LogP contribution is 2.41. The molecule has 12 heteroatoms. The number of hydrogen-bond acceptors (Lipinski definition) is 8. The van der Waals surface area contributed by atoms with E-state index in [-0.39, 0.29) is 28.0 Å². The molecule has 2 N–H and O–H groups in total. The number of amides is 1. The summed E-state index contributed by atoms with van der Waals surface area (Å²) in [4.78, 5) is 23.3. The van der Waals surface area contributed by atoms with Crippen LogP contribution in [0.15, 0.2) is 36.7 Å². The van der Waals surface area contributed by atoms with Gasteiger partial charge in [0, 0.05) is 0 Å². The van der Waals surface area contributed by atoms with E-state index in [1.54, 1.807) is 18.2 Å². The van der Waals surface area contributed by atoms with Crippen LogP contribution in [0.25, 0.3) is 0 Å². The van der Waals surface area contributed by atoms with Gasteiger partial charge in [0.05, 0.1) is 19.1 Å². The van der Waals surface area contributed by atoms with E-state index in [2.05, 4.69) is 20.3 Å². The molecule has 0 aliphatic rings. The Morgan fingerprint density at radius 1 is 1.13 bits per heavy atom. The molecule has 0 aliphatic heterocycles. The summed E-state index contributed by atoms with van der Waals surface area (Å²) in [6, 6.07) is 7.81. The van der Waals surface area contributed by atoms with E-state index in [4.69, 9.17) is 9.47 Å². The zero-order valence-electron chi connectivity index (χ0n) is 15.6. The predicted molar refractivity (Wildman–Crippen MR) is 101 cm³/mol. The normalized spacial score (nSPS) is 12.3. The fraction of sp³-hybridized carbons (Fsp3) is 0.222. The number of aromatic nitrogens is 3. The molecule has 3 aromatic rings. The molecule has 0 saturated carbocycles. The van der Waals surface area contributed by atoms with Gasteiger partial charge < -0.3 is 14.6 Å². The molecule has 1 atom stereocenters. The monoisotopic (exact) mass is 440 g/mol. The molecule has 0 saturated heterocycles. The lowest BCUT2D eigenvalue weighted by atomic mass is 10.1. The fourth-order valence-corrected chi connectivity index (χ4v) is 3.57. The number of thiazole rings is 1. The maximum Gasteiger partial charge on any atom is 0.434 e. The topological polar surface area (TPSA) is 106 Å². The molecule has 3 rings (SSSR count). The summed E-state index contributed by atoms with van der Waals surface area (Å²) in [5.41, 5.74) is -1.25. The van der Waals surface area contributed by atoms with Gasteiger partial charge >= 0.3 is 6.18 Å². The zero-order valence-corrected chi connectivity index (χ0v) is 16.4. The largest absolute Gasteiger partial charge is 0.480 e. The molecule has 0 aliphatic carbocycles. The number of halogens is 3. The molecule has 1 aromatic carbocycles. The van der Waals surface area contributed by atoms with Crippen LogP contribution in [0.5, 0.6) is 11.8 Å². The van der Waals surface area contributed by atoms with E-state index >= 15 is 0 Å². The number of nitrogens with one attached hydrogen (secondary N) is 1. The average molecular weight is 440 g/mol. The molecule has 0 bridgehead atoms. The molecule has 158 valence electrons. The minimum Gasteiger partial charge on any atom is -0.480 e. The molecule has 30 heavy (non-hydrogen) atoms. The Bertz CT molecular complexity index is 1020. The Hall–Kier alpha value is -3.25. The second kappa shape index (κ2) is 8.63. The van der Waals surface area contributed by atoms with E-state index in [1.807, 2.05) is 0 Å². The SMILES string of the molecule is COc1ncnc(OC)c1C(=O)Nc1nc(C(F)(F)F)c(C(O)c2ccccc2)s1. The maximum atomic E-state index is 13.5. The quantitative estimate of drug-likeness (QED) is 0.606. The molecule has 8 nitrogen and oxygen atoms in total. The van der Waals surface area contributed by atoms with Gasteiger partial charge in [0.25, 0.3) is 5.91 Å². The van der Waals surface area contributed by atoms with Gasteiger partial charge in [-0.2, -0.15) is 13.2 Å². The number of benzene rings is 1. The van der Waals surface area contributed by atoms with Crippen LogP contribution in [0, 0.1) is 0 Å². The number of alkyl halides is 3. The number of anilines is 1. The number of rotatable bonds is 6. The number of hydrogen-bond donors (Lipinski definition) is 2. The van der Waals surface area contributed by atoms with Gasteiger partial charge in [0.2, 0.25) is 11.8 Å². The number of ether oxygens (including phenoxy) is 2. The number of aliphatic hydroxyl groups excluding tert-OH is 1. The van der Waals surface area contributed by atoms with Crippen molar-refractivity contribution in [1.29, 1.82) is 0 Å². The van der Waals surface area contributed by atoms with E-state index in [1.165, 1.54) is 26.4 Å². The van der Waals surface area contributed by atoms with Crippen LogP contribution in [0.4, 0.5) is 18.3 Å². The number of methoxy groups -OCH3 is 2. The van der Waals surface area contributed by atoms with Crippen molar-refractivity contribution in [2.24, 2.45) is 0 Å². The Labute approximate surface area is 172 Å². The van der Waals surface area contributed by atoms with E-state index in [0.717, 1.165) is 6.33 Å². The molecule has 0 spiro atoms. The average Bonchev–Trinajstić information content (AvgIpc) is 3.17. The van der Waals surface area contributed by atoms with Crippen molar-refractivity contribution in [2.75, 3.05) is 19.5 Å². The van der Waals surface area contributed by atoms with Crippen LogP contribution in [0.1, 0.15) is 32.6 Å². The lowest BCUT2D eigenvalue weighted by Crippen LogP contribution is -2.16. The molecular formula is C18H15F3N4O4S. The Morgan fingerprint density at radius 2 is 1.73 bits per heavy atom. The molecule has 2 heterocycles. The van der Waals surface area contributed by atoms with Crippen LogP contribution >= 0.6 is 11.3 Å². The third-order valence-electron chi connectivity index (χ3n) is 3.90. The molecule has 0 radical (unpaired) electrons.